The summed E-state index contributed by atoms with van der Waals surface area (Å²) in [7, 11) is 0. The van der Waals surface area contributed by atoms with Gasteiger partial charge in [0.05, 0.1) is 0 Å². The molecule has 0 spiro atoms. The maximum atomic E-state index is 4.31. The maximum absolute atomic E-state index is 4.31. The molecule has 0 rings (SSSR count). The minimum absolute atomic E-state index is 0. The van der Waals surface area contributed by atoms with Gasteiger partial charge in [0.15, 0.2) is 0 Å². The lowest BCUT2D eigenvalue weighted by Gasteiger charge is -1.14. The van der Waals surface area contributed by atoms with Crippen LogP contribution in [0.3, 0.4) is 0 Å². The van der Waals surface area contributed by atoms with Crippen molar-refractivity contribution in [3.8, 4) is 0 Å². The summed E-state index contributed by atoms with van der Waals surface area (Å²) >= 11 is 2.44. The summed E-state index contributed by atoms with van der Waals surface area (Å²) in [5.74, 6) is 0. The van der Waals surface area contributed by atoms with Crippen LogP contribution in [0.15, 0.2) is 0 Å². The highest BCUT2D eigenvalue weighted by Crippen LogP contribution is 1.28. The Balaban J connectivity index is -0.00000000500. The molecule has 0 bridgehead atoms. The highest BCUT2D eigenvalue weighted by molar-refractivity contribution is 9.07. The van der Waals surface area contributed by atoms with Gasteiger partial charge in [0.25, 0.3) is 0 Å². The van der Waals surface area contributed by atoms with Crippen molar-refractivity contribution >= 4 is 24.6 Å². The molecule has 0 atom stereocenters. The van der Waals surface area contributed by atoms with Gasteiger partial charge in [-0.05, 0) is 0 Å². The number of halogens is 1. The van der Waals surface area contributed by atoms with Crippen molar-refractivity contribution in [2.75, 3.05) is 0 Å². The van der Waals surface area contributed by atoms with E-state index in [-0.39, 0.29) is 14.6 Å². The molecule has 4 heavy (non-hydrogen) atoms. The molecule has 0 heterocycles. The summed E-state index contributed by atoms with van der Waals surface area (Å²) in [4.78, 5) is 0. The molecule has 25 valence electrons. The highest BCUT2D eigenvalue weighted by atomic mass is 79.9. The predicted molar refractivity (Wildman–Crippen MR) is 23.9 cm³/mol. The smallest absolute Gasteiger partial charge is 0.00554 e. The third-order valence-corrected chi connectivity index (χ3v) is 0. The number of rotatable bonds is 0. The highest BCUT2D eigenvalue weighted by Gasteiger charge is 0.877. The second-order valence-corrected chi connectivity index (χ2v) is 0. The fourth-order valence-electron chi connectivity index (χ4n) is 0. The number of hydrogen-bond donors (Lipinski definition) is 2. The van der Waals surface area contributed by atoms with Gasteiger partial charge in [-0.3, -0.25) is 4.76 Å². The predicted octanol–water partition coefficient (Wildman–Crippen LogP) is 0.0362. The van der Waals surface area contributed by atoms with Gasteiger partial charge in [-0.1, -0.05) is 0 Å². The van der Waals surface area contributed by atoms with Crippen LogP contribution in [0.4, 0.5) is 0 Å². The van der Waals surface area contributed by atoms with Crippen LogP contribution in [-0.4, -0.2) is 8.41 Å². The summed E-state index contributed by atoms with van der Waals surface area (Å²) in [6, 6.07) is 0. The lowest BCUT2D eigenvalue weighted by molar-refractivity contribution is 2.12. The standard InChI is InChI=1S/B.BrH2N.H3N/c;1-2;/h;2H2;1H3. The lowest BCUT2D eigenvalue weighted by Crippen LogP contribution is -1.45. The molecule has 5 N–H and O–H groups in total. The van der Waals surface area contributed by atoms with Crippen molar-refractivity contribution in [3.05, 3.63) is 0 Å². The molecule has 0 aromatic carbocycles. The van der Waals surface area contributed by atoms with Gasteiger partial charge in [-0.2, -0.15) is 0 Å². The molecule has 0 unspecified atom stereocenters. The van der Waals surface area contributed by atoms with E-state index in [9.17, 15) is 0 Å². The normalized spacial score (nSPS) is 1.50. The molecule has 0 aliphatic rings. The molecule has 0 saturated carbocycles. The van der Waals surface area contributed by atoms with E-state index >= 15 is 0 Å². The Bertz CT molecular complexity index is 6.00. The Morgan fingerprint density at radius 1 is 1.25 bits per heavy atom. The molecule has 0 aliphatic heterocycles. The van der Waals surface area contributed by atoms with E-state index in [0.717, 1.165) is 0 Å². The lowest BCUT2D eigenvalue weighted by atomic mass is 10.8. The summed E-state index contributed by atoms with van der Waals surface area (Å²) in [6.45, 7) is 0. The third-order valence-electron chi connectivity index (χ3n) is 0. The average Bonchev–Trinajstić information content (AvgIpc) is 1.00. The molecule has 0 aromatic heterocycles. The van der Waals surface area contributed by atoms with Crippen LogP contribution >= 0.6 is 16.1 Å². The number of nitrogens with two attached hydrogens (primary N) is 1. The fourth-order valence-corrected chi connectivity index (χ4v) is 0. The average molecular weight is 124 g/mol. The molecular weight excluding hydrogens is 119 g/mol. The second-order valence-electron chi connectivity index (χ2n) is 0. The van der Waals surface area contributed by atoms with E-state index in [0.29, 0.717) is 0 Å². The van der Waals surface area contributed by atoms with Crippen molar-refractivity contribution < 1.29 is 0 Å². The van der Waals surface area contributed by atoms with Crippen LogP contribution in [0.5, 0.6) is 0 Å². The van der Waals surface area contributed by atoms with Crippen molar-refractivity contribution in [2.45, 2.75) is 0 Å². The van der Waals surface area contributed by atoms with Crippen LogP contribution < -0.4 is 10.9 Å². The van der Waals surface area contributed by atoms with Gasteiger partial charge < -0.3 is 6.15 Å². The fraction of sp³-hybridized carbons (Fsp3) is 0. The van der Waals surface area contributed by atoms with Gasteiger partial charge in [0.1, 0.15) is 0 Å². The summed E-state index contributed by atoms with van der Waals surface area (Å²) < 4.78 is 4.31. The summed E-state index contributed by atoms with van der Waals surface area (Å²) in [5.41, 5.74) is 0. The van der Waals surface area contributed by atoms with E-state index < -0.39 is 0 Å². The Morgan fingerprint density at radius 2 is 1.25 bits per heavy atom. The first-order valence-corrected chi connectivity index (χ1v) is 1.13. The van der Waals surface area contributed by atoms with Crippen molar-refractivity contribution in [3.63, 3.8) is 0 Å². The zero-order valence-electron chi connectivity index (χ0n) is 2.24. The van der Waals surface area contributed by atoms with Crippen molar-refractivity contribution in [2.24, 2.45) is 4.76 Å². The molecule has 0 saturated heterocycles. The molecular formula is H5BBrN2. The first kappa shape index (κ1) is 25.0. The number of hydrogen-bond acceptors (Lipinski definition) is 2. The zero-order valence-corrected chi connectivity index (χ0v) is 3.83. The van der Waals surface area contributed by atoms with Crippen molar-refractivity contribution in [1.82, 2.24) is 6.15 Å². The van der Waals surface area contributed by atoms with Gasteiger partial charge in [0.2, 0.25) is 0 Å². The Hall–Kier alpha value is 0.465. The topological polar surface area (TPSA) is 61.0 Å². The third kappa shape index (κ3) is 24.5. The second kappa shape index (κ2) is 97.4. The Morgan fingerprint density at radius 3 is 1.25 bits per heavy atom. The van der Waals surface area contributed by atoms with Gasteiger partial charge >= 0.3 is 0 Å². The largest absolute Gasteiger partial charge is 0.344 e. The van der Waals surface area contributed by atoms with E-state index in [1.54, 1.807) is 0 Å². The minimum atomic E-state index is 0. The van der Waals surface area contributed by atoms with Crippen LogP contribution in [0, 0.1) is 0 Å². The SMILES string of the molecule is N.NBr.[B]. The molecule has 0 aromatic rings. The van der Waals surface area contributed by atoms with Crippen LogP contribution in [0.1, 0.15) is 0 Å². The first-order valence-electron chi connectivity index (χ1n) is 0.218. The summed E-state index contributed by atoms with van der Waals surface area (Å²) in [6.07, 6.45) is 0. The molecule has 0 amide bonds. The monoisotopic (exact) mass is 123 g/mol. The van der Waals surface area contributed by atoms with Crippen LogP contribution in [0.25, 0.3) is 0 Å². The maximum Gasteiger partial charge on any atom is 0.00554 e. The van der Waals surface area contributed by atoms with E-state index in [2.05, 4.69) is 20.9 Å². The van der Waals surface area contributed by atoms with Crippen molar-refractivity contribution in [1.29, 1.82) is 0 Å². The first-order chi connectivity index (χ1) is 1.00. The van der Waals surface area contributed by atoms with Gasteiger partial charge in [-0.15, -0.1) is 0 Å². The Labute approximate surface area is 36.2 Å². The molecule has 4 heteroatoms. The van der Waals surface area contributed by atoms with Crippen LogP contribution in [-0.2, 0) is 0 Å². The molecule has 0 aliphatic carbocycles. The minimum Gasteiger partial charge on any atom is -0.344 e. The van der Waals surface area contributed by atoms with Crippen LogP contribution in [0.2, 0.25) is 0 Å². The van der Waals surface area contributed by atoms with Gasteiger partial charge in [0, 0.05) is 24.6 Å². The quantitative estimate of drug-likeness (QED) is 0.353. The summed E-state index contributed by atoms with van der Waals surface area (Å²) in [5, 5.41) is 0. The van der Waals surface area contributed by atoms with E-state index in [1.807, 2.05) is 0 Å². The molecule has 2 nitrogen and oxygen atoms in total. The van der Waals surface area contributed by atoms with E-state index in [4.69, 9.17) is 0 Å². The van der Waals surface area contributed by atoms with Gasteiger partial charge in [-0.25, -0.2) is 0 Å². The Kier molecular flexibility index (Phi) is 608. The molecule has 0 fully saturated rings. The molecule has 3 radical (unpaired) electrons. The van der Waals surface area contributed by atoms with E-state index in [1.165, 1.54) is 0 Å². The zero-order chi connectivity index (χ0) is 2.00.